The molecule has 28 heavy (non-hydrogen) atoms. The first-order valence-corrected chi connectivity index (χ1v) is 10.2. The van der Waals surface area contributed by atoms with Crippen molar-refractivity contribution in [1.29, 1.82) is 0 Å². The van der Waals surface area contributed by atoms with E-state index in [4.69, 9.17) is 4.42 Å². The number of furan rings is 1. The second-order valence-electron chi connectivity index (χ2n) is 7.07. The van der Waals surface area contributed by atoms with Gasteiger partial charge in [0.15, 0.2) is 11.5 Å². The van der Waals surface area contributed by atoms with Gasteiger partial charge in [0.2, 0.25) is 5.78 Å². The fraction of sp³-hybridized carbons (Fsp3) is 0.333. The number of halogens is 1. The highest BCUT2D eigenvalue weighted by Crippen LogP contribution is 2.39. The Morgan fingerprint density at radius 3 is 2.64 bits per heavy atom. The van der Waals surface area contributed by atoms with Crippen molar-refractivity contribution >= 4 is 27.6 Å². The van der Waals surface area contributed by atoms with Crippen molar-refractivity contribution in [3.8, 4) is 0 Å². The lowest BCUT2D eigenvalue weighted by Crippen LogP contribution is -2.37. The van der Waals surface area contributed by atoms with Crippen LogP contribution in [0, 0.1) is 0 Å². The van der Waals surface area contributed by atoms with E-state index in [-0.39, 0.29) is 11.3 Å². The average Bonchev–Trinajstić information content (AvgIpc) is 3.43. The van der Waals surface area contributed by atoms with Crippen LogP contribution in [0.1, 0.15) is 35.0 Å². The molecule has 2 aromatic rings. The molecule has 0 saturated carbocycles. The summed E-state index contributed by atoms with van der Waals surface area (Å²) >= 11 is 3.45. The summed E-state index contributed by atoms with van der Waals surface area (Å²) in [7, 11) is 0. The number of hydrogen-bond acceptors (Lipinski definition) is 5. The Hall–Kier alpha value is -2.38. The molecule has 0 aliphatic carbocycles. The summed E-state index contributed by atoms with van der Waals surface area (Å²) in [4.78, 5) is 29.8. The molecule has 1 atom stereocenters. The summed E-state index contributed by atoms with van der Waals surface area (Å²) in [6, 6.07) is 9.97. The van der Waals surface area contributed by atoms with Crippen LogP contribution in [0.3, 0.4) is 0 Å². The first-order valence-electron chi connectivity index (χ1n) is 9.36. The Morgan fingerprint density at radius 1 is 1.18 bits per heavy atom. The number of nitrogens with zero attached hydrogens (tertiary/aromatic N) is 2. The van der Waals surface area contributed by atoms with E-state index in [0.29, 0.717) is 13.1 Å². The minimum absolute atomic E-state index is 0.0690. The Morgan fingerprint density at radius 2 is 1.96 bits per heavy atom. The summed E-state index contributed by atoms with van der Waals surface area (Å²) in [5.41, 5.74) is 0.836. The van der Waals surface area contributed by atoms with Gasteiger partial charge in [-0.3, -0.25) is 9.59 Å². The molecule has 2 aliphatic rings. The van der Waals surface area contributed by atoms with Gasteiger partial charge >= 0.3 is 0 Å². The van der Waals surface area contributed by atoms with Crippen molar-refractivity contribution in [2.24, 2.45) is 0 Å². The van der Waals surface area contributed by atoms with Crippen molar-refractivity contribution < 1.29 is 19.1 Å². The molecule has 0 bridgehead atoms. The van der Waals surface area contributed by atoms with E-state index >= 15 is 0 Å². The van der Waals surface area contributed by atoms with Gasteiger partial charge in [-0.25, -0.2) is 0 Å². The molecule has 1 aromatic heterocycles. The fourth-order valence-corrected chi connectivity index (χ4v) is 4.35. The zero-order chi connectivity index (χ0) is 19.7. The predicted octanol–water partition coefficient (Wildman–Crippen LogP) is 3.72. The van der Waals surface area contributed by atoms with Crippen LogP contribution >= 0.6 is 15.9 Å². The van der Waals surface area contributed by atoms with E-state index < -0.39 is 23.5 Å². The van der Waals surface area contributed by atoms with Crippen molar-refractivity contribution in [1.82, 2.24) is 9.80 Å². The average molecular weight is 445 g/mol. The Labute approximate surface area is 171 Å². The van der Waals surface area contributed by atoms with Gasteiger partial charge in [0, 0.05) is 17.6 Å². The van der Waals surface area contributed by atoms with Crippen LogP contribution in [-0.2, 0) is 4.79 Å². The zero-order valence-electron chi connectivity index (χ0n) is 15.3. The minimum atomic E-state index is -0.648. The minimum Gasteiger partial charge on any atom is -0.503 e. The van der Waals surface area contributed by atoms with E-state index in [1.807, 2.05) is 24.3 Å². The van der Waals surface area contributed by atoms with Gasteiger partial charge in [0.05, 0.1) is 17.9 Å². The van der Waals surface area contributed by atoms with E-state index in [9.17, 15) is 14.7 Å². The third-order valence-electron chi connectivity index (χ3n) is 5.31. The summed E-state index contributed by atoms with van der Waals surface area (Å²) in [6.45, 7) is 3.18. The third kappa shape index (κ3) is 3.52. The van der Waals surface area contributed by atoms with Crippen LogP contribution in [-0.4, -0.2) is 52.8 Å². The number of aliphatic hydroxyl groups is 1. The topological polar surface area (TPSA) is 74.0 Å². The Balaban J connectivity index is 1.70. The van der Waals surface area contributed by atoms with Gasteiger partial charge in [-0.05, 0) is 55.8 Å². The maximum absolute atomic E-state index is 13.0. The zero-order valence-corrected chi connectivity index (χ0v) is 16.9. The number of ketones is 1. The molecule has 1 aromatic carbocycles. The number of benzene rings is 1. The maximum Gasteiger partial charge on any atom is 0.290 e. The standard InChI is InChI=1S/C21H21BrN2O4/c22-15-6-3-5-14(13-15)18-17(19(25)16-7-4-12-28-16)20(26)21(27)24(18)11-10-23-8-1-2-9-23/h3-7,12-13,18,26H,1-2,8-11H2. The molecule has 1 saturated heterocycles. The van der Waals surface area contributed by atoms with Gasteiger partial charge < -0.3 is 19.3 Å². The maximum atomic E-state index is 13.0. The molecule has 1 N–H and O–H groups in total. The molecule has 1 fully saturated rings. The van der Waals surface area contributed by atoms with Crippen LogP contribution < -0.4 is 0 Å². The molecule has 4 rings (SSSR count). The largest absolute Gasteiger partial charge is 0.503 e. The third-order valence-corrected chi connectivity index (χ3v) is 5.81. The second-order valence-corrected chi connectivity index (χ2v) is 7.99. The lowest BCUT2D eigenvalue weighted by molar-refractivity contribution is -0.129. The molecule has 0 radical (unpaired) electrons. The van der Waals surface area contributed by atoms with Gasteiger partial charge in [-0.1, -0.05) is 28.1 Å². The molecule has 1 amide bonds. The molecule has 7 heteroatoms. The number of likely N-dealkylation sites (tertiary alicyclic amines) is 1. The molecular weight excluding hydrogens is 424 g/mol. The van der Waals surface area contributed by atoms with E-state index in [1.54, 1.807) is 11.0 Å². The Bertz CT molecular complexity index is 916. The van der Waals surface area contributed by atoms with Crippen molar-refractivity contribution in [3.05, 3.63) is 69.8 Å². The fourth-order valence-electron chi connectivity index (χ4n) is 3.94. The normalized spacial score (nSPS) is 20.4. The van der Waals surface area contributed by atoms with Gasteiger partial charge in [-0.2, -0.15) is 0 Å². The smallest absolute Gasteiger partial charge is 0.290 e. The summed E-state index contributed by atoms with van der Waals surface area (Å²) < 4.78 is 6.07. The number of rotatable bonds is 6. The van der Waals surface area contributed by atoms with Gasteiger partial charge in [0.1, 0.15) is 0 Å². The highest BCUT2D eigenvalue weighted by Gasteiger charge is 2.44. The number of aliphatic hydroxyl groups excluding tert-OH is 1. The van der Waals surface area contributed by atoms with Crippen LogP contribution in [0.4, 0.5) is 0 Å². The molecular formula is C21H21BrN2O4. The second kappa shape index (κ2) is 7.93. The quantitative estimate of drug-likeness (QED) is 0.687. The SMILES string of the molecule is O=C(C1=C(O)C(=O)N(CCN2CCCC2)C1c1cccc(Br)c1)c1ccco1. The van der Waals surface area contributed by atoms with Gasteiger partial charge in [0.25, 0.3) is 5.91 Å². The molecule has 6 nitrogen and oxygen atoms in total. The number of carbonyl (C=O) groups excluding carboxylic acids is 2. The summed E-state index contributed by atoms with van der Waals surface area (Å²) in [5, 5.41) is 10.6. The van der Waals surface area contributed by atoms with E-state index in [0.717, 1.165) is 36.0 Å². The van der Waals surface area contributed by atoms with Crippen LogP contribution in [0.15, 0.2) is 62.9 Å². The lowest BCUT2D eigenvalue weighted by Gasteiger charge is -2.28. The molecule has 0 spiro atoms. The Kier molecular flexibility index (Phi) is 5.37. The predicted molar refractivity (Wildman–Crippen MR) is 107 cm³/mol. The van der Waals surface area contributed by atoms with E-state index in [1.165, 1.54) is 12.3 Å². The number of hydrogen-bond donors (Lipinski definition) is 1. The highest BCUT2D eigenvalue weighted by atomic mass is 79.9. The highest BCUT2D eigenvalue weighted by molar-refractivity contribution is 9.10. The first-order chi connectivity index (χ1) is 13.6. The molecule has 146 valence electrons. The first kappa shape index (κ1) is 19.0. The number of carbonyl (C=O) groups is 2. The number of amides is 1. The van der Waals surface area contributed by atoms with Crippen molar-refractivity contribution in [2.45, 2.75) is 18.9 Å². The van der Waals surface area contributed by atoms with E-state index in [2.05, 4.69) is 20.8 Å². The molecule has 1 unspecified atom stereocenters. The monoisotopic (exact) mass is 444 g/mol. The molecule has 3 heterocycles. The van der Waals surface area contributed by atoms with Crippen LogP contribution in [0.5, 0.6) is 0 Å². The summed E-state index contributed by atoms with van der Waals surface area (Å²) in [6.07, 6.45) is 3.73. The van der Waals surface area contributed by atoms with Crippen LogP contribution in [0.25, 0.3) is 0 Å². The lowest BCUT2D eigenvalue weighted by atomic mass is 9.95. The van der Waals surface area contributed by atoms with Crippen LogP contribution in [0.2, 0.25) is 0 Å². The molecule has 2 aliphatic heterocycles. The van der Waals surface area contributed by atoms with Crippen molar-refractivity contribution in [3.63, 3.8) is 0 Å². The van der Waals surface area contributed by atoms with Crippen molar-refractivity contribution in [2.75, 3.05) is 26.2 Å². The van der Waals surface area contributed by atoms with Gasteiger partial charge in [-0.15, -0.1) is 0 Å². The summed E-state index contributed by atoms with van der Waals surface area (Å²) in [5.74, 6) is -1.37. The number of Topliss-reactive ketones (excluding diaryl/α,β-unsaturated/α-hetero) is 1.